The van der Waals surface area contributed by atoms with E-state index in [1.807, 2.05) is 60.8 Å². The summed E-state index contributed by atoms with van der Waals surface area (Å²) in [6, 6.07) is 24.3. The van der Waals surface area contributed by atoms with Gasteiger partial charge in [0.25, 0.3) is 5.91 Å². The van der Waals surface area contributed by atoms with Gasteiger partial charge < -0.3 is 9.88 Å². The van der Waals surface area contributed by atoms with E-state index in [0.717, 1.165) is 22.0 Å². The van der Waals surface area contributed by atoms with Gasteiger partial charge >= 0.3 is 0 Å². The van der Waals surface area contributed by atoms with Gasteiger partial charge in [-0.3, -0.25) is 4.79 Å². The summed E-state index contributed by atoms with van der Waals surface area (Å²) in [6.45, 7) is 0.574. The lowest BCUT2D eigenvalue weighted by Crippen LogP contribution is -2.13. The lowest BCUT2D eigenvalue weighted by Gasteiger charge is -2.07. The van der Waals surface area contributed by atoms with Gasteiger partial charge in [-0.05, 0) is 42.0 Å². The van der Waals surface area contributed by atoms with Crippen molar-refractivity contribution in [1.82, 2.24) is 4.57 Å². The summed E-state index contributed by atoms with van der Waals surface area (Å²) in [7, 11) is 0. The molecule has 0 saturated heterocycles. The van der Waals surface area contributed by atoms with Crippen LogP contribution in [-0.2, 0) is 11.3 Å². The van der Waals surface area contributed by atoms with Gasteiger partial charge in [-0.25, -0.2) is 0 Å². The molecule has 31 heavy (non-hydrogen) atoms. The zero-order valence-corrected chi connectivity index (χ0v) is 17.9. The van der Waals surface area contributed by atoms with Crippen molar-refractivity contribution in [2.75, 3.05) is 5.32 Å². The van der Waals surface area contributed by atoms with E-state index in [-0.39, 0.29) is 5.57 Å². The summed E-state index contributed by atoms with van der Waals surface area (Å²) in [4.78, 5) is 12.7. The van der Waals surface area contributed by atoms with Crippen LogP contribution in [0.25, 0.3) is 17.0 Å². The van der Waals surface area contributed by atoms with Crippen molar-refractivity contribution in [3.63, 3.8) is 0 Å². The molecule has 0 bridgehead atoms. The molecule has 3 aromatic carbocycles. The van der Waals surface area contributed by atoms with E-state index < -0.39 is 5.91 Å². The van der Waals surface area contributed by atoms with Gasteiger partial charge in [-0.15, -0.1) is 0 Å². The Balaban J connectivity index is 1.70. The molecule has 0 atom stereocenters. The van der Waals surface area contributed by atoms with Crippen LogP contribution in [0, 0.1) is 11.3 Å². The van der Waals surface area contributed by atoms with E-state index in [1.165, 1.54) is 0 Å². The van der Waals surface area contributed by atoms with Crippen LogP contribution in [0.3, 0.4) is 0 Å². The number of hydrogen-bond acceptors (Lipinski definition) is 2. The maximum atomic E-state index is 12.7. The smallest absolute Gasteiger partial charge is 0.266 e. The molecule has 152 valence electrons. The van der Waals surface area contributed by atoms with Crippen molar-refractivity contribution in [2.24, 2.45) is 0 Å². The average Bonchev–Trinajstić information content (AvgIpc) is 3.11. The van der Waals surface area contributed by atoms with Gasteiger partial charge in [0, 0.05) is 44.9 Å². The first-order valence-electron chi connectivity index (χ1n) is 9.55. The van der Waals surface area contributed by atoms with Crippen molar-refractivity contribution in [2.45, 2.75) is 6.54 Å². The molecule has 4 nitrogen and oxygen atoms in total. The molecule has 0 spiro atoms. The summed E-state index contributed by atoms with van der Waals surface area (Å²) >= 11 is 12.3. The standard InChI is InChI=1S/C25H17Cl2N3O/c26-20-7-5-8-21(13-20)29-25(31)18(14-28)12-19-16-30(24-11-4-2-9-22(19)24)15-17-6-1-3-10-23(17)27/h1-13,16H,15H2,(H,29,31). The Labute approximate surface area is 189 Å². The number of nitrogens with zero attached hydrogens (tertiary/aromatic N) is 2. The van der Waals surface area contributed by atoms with Crippen LogP contribution in [0.4, 0.5) is 5.69 Å². The number of para-hydroxylation sites is 1. The summed E-state index contributed by atoms with van der Waals surface area (Å²) in [6.07, 6.45) is 3.53. The van der Waals surface area contributed by atoms with E-state index in [1.54, 1.807) is 30.3 Å². The molecule has 0 aliphatic rings. The molecular formula is C25H17Cl2N3O. The maximum Gasteiger partial charge on any atom is 0.266 e. The SMILES string of the molecule is N#CC(=Cc1cn(Cc2ccccc2Cl)c2ccccc12)C(=O)Nc1cccc(Cl)c1. The minimum Gasteiger partial charge on any atom is -0.342 e. The summed E-state index contributed by atoms with van der Waals surface area (Å²) in [5.74, 6) is -0.493. The highest BCUT2D eigenvalue weighted by Crippen LogP contribution is 2.26. The van der Waals surface area contributed by atoms with E-state index in [4.69, 9.17) is 23.2 Å². The van der Waals surface area contributed by atoms with Crippen LogP contribution in [0.5, 0.6) is 0 Å². The first-order valence-corrected chi connectivity index (χ1v) is 10.3. The number of rotatable bonds is 5. The number of amides is 1. The van der Waals surface area contributed by atoms with Crippen molar-refractivity contribution in [1.29, 1.82) is 5.26 Å². The van der Waals surface area contributed by atoms with Gasteiger partial charge in [0.15, 0.2) is 0 Å². The Morgan fingerprint density at radius 1 is 1.03 bits per heavy atom. The van der Waals surface area contributed by atoms with Gasteiger partial charge in [-0.2, -0.15) is 5.26 Å². The number of carbonyl (C=O) groups excluding carboxylic acids is 1. The lowest BCUT2D eigenvalue weighted by molar-refractivity contribution is -0.112. The van der Waals surface area contributed by atoms with Gasteiger partial charge in [0.2, 0.25) is 0 Å². The van der Waals surface area contributed by atoms with Gasteiger partial charge in [0.1, 0.15) is 11.6 Å². The number of nitriles is 1. The molecule has 0 aliphatic heterocycles. The van der Waals surface area contributed by atoms with Crippen LogP contribution >= 0.6 is 23.2 Å². The molecule has 6 heteroatoms. The quantitative estimate of drug-likeness (QED) is 0.280. The fraction of sp³-hybridized carbons (Fsp3) is 0.0400. The second kappa shape index (κ2) is 9.09. The largest absolute Gasteiger partial charge is 0.342 e. The Morgan fingerprint density at radius 3 is 2.58 bits per heavy atom. The molecule has 4 aromatic rings. The first-order chi connectivity index (χ1) is 15.0. The van der Waals surface area contributed by atoms with Gasteiger partial charge in [0.05, 0.1) is 0 Å². The fourth-order valence-corrected chi connectivity index (χ4v) is 3.79. The number of hydrogen-bond donors (Lipinski definition) is 1. The van der Waals surface area contributed by atoms with Crippen LogP contribution in [-0.4, -0.2) is 10.5 Å². The molecule has 1 aromatic heterocycles. The molecule has 0 aliphatic carbocycles. The molecule has 1 N–H and O–H groups in total. The number of carbonyl (C=O) groups is 1. The van der Waals surface area contributed by atoms with Crippen LogP contribution in [0.2, 0.25) is 10.0 Å². The monoisotopic (exact) mass is 445 g/mol. The third-order valence-electron chi connectivity index (χ3n) is 4.87. The normalized spacial score (nSPS) is 11.3. The van der Waals surface area contributed by atoms with Gasteiger partial charge in [-0.1, -0.05) is 65.7 Å². The minimum atomic E-state index is -0.493. The predicted octanol–water partition coefficient (Wildman–Crippen LogP) is 6.54. The van der Waals surface area contributed by atoms with Crippen molar-refractivity contribution in [3.05, 3.63) is 106 Å². The molecule has 1 heterocycles. The maximum absolute atomic E-state index is 12.7. The number of nitrogens with one attached hydrogen (secondary N) is 1. The first kappa shape index (κ1) is 20.7. The molecule has 0 fully saturated rings. The zero-order chi connectivity index (χ0) is 21.8. The highest BCUT2D eigenvalue weighted by Gasteiger charge is 2.13. The third-order valence-corrected chi connectivity index (χ3v) is 5.47. The molecule has 1 amide bonds. The summed E-state index contributed by atoms with van der Waals surface area (Å²) in [5, 5.41) is 14.5. The molecule has 0 unspecified atom stereocenters. The highest BCUT2D eigenvalue weighted by atomic mass is 35.5. The number of anilines is 1. The molecule has 4 rings (SSSR count). The Hall–Kier alpha value is -3.52. The summed E-state index contributed by atoms with van der Waals surface area (Å²) < 4.78 is 2.06. The predicted molar refractivity (Wildman–Crippen MR) is 126 cm³/mol. The topological polar surface area (TPSA) is 57.8 Å². The number of fused-ring (bicyclic) bond motifs is 1. The Bertz CT molecular complexity index is 1350. The van der Waals surface area contributed by atoms with Crippen LogP contribution < -0.4 is 5.32 Å². The summed E-state index contributed by atoms with van der Waals surface area (Å²) in [5.41, 5.74) is 3.28. The lowest BCUT2D eigenvalue weighted by atomic mass is 10.1. The van der Waals surface area contributed by atoms with E-state index >= 15 is 0 Å². The molecular weight excluding hydrogens is 429 g/mol. The number of aromatic nitrogens is 1. The van der Waals surface area contributed by atoms with Crippen LogP contribution in [0.1, 0.15) is 11.1 Å². The van der Waals surface area contributed by atoms with Crippen molar-refractivity contribution < 1.29 is 4.79 Å². The second-order valence-electron chi connectivity index (χ2n) is 6.96. The van der Waals surface area contributed by atoms with Crippen molar-refractivity contribution >= 4 is 51.8 Å². The fourth-order valence-electron chi connectivity index (χ4n) is 3.40. The Kier molecular flexibility index (Phi) is 6.08. The minimum absolute atomic E-state index is 0.000576. The molecule has 0 radical (unpaired) electrons. The number of halogens is 2. The average molecular weight is 446 g/mol. The van der Waals surface area contributed by atoms with E-state index in [2.05, 4.69) is 9.88 Å². The highest BCUT2D eigenvalue weighted by molar-refractivity contribution is 6.31. The zero-order valence-electron chi connectivity index (χ0n) is 16.3. The molecule has 0 saturated carbocycles. The van der Waals surface area contributed by atoms with E-state index in [9.17, 15) is 10.1 Å². The third kappa shape index (κ3) is 4.64. The Morgan fingerprint density at radius 2 is 1.81 bits per heavy atom. The van der Waals surface area contributed by atoms with E-state index in [0.29, 0.717) is 22.3 Å². The number of benzene rings is 3. The van der Waals surface area contributed by atoms with Crippen LogP contribution in [0.15, 0.2) is 84.6 Å². The second-order valence-corrected chi connectivity index (χ2v) is 7.80. The van der Waals surface area contributed by atoms with Crippen molar-refractivity contribution in [3.8, 4) is 6.07 Å².